The third-order valence-electron chi connectivity index (χ3n) is 7.75. The van der Waals surface area contributed by atoms with Gasteiger partial charge in [0, 0.05) is 34.0 Å². The fourth-order valence-electron chi connectivity index (χ4n) is 5.68. The third-order valence-corrected chi connectivity index (χ3v) is 9.64. The smallest absolute Gasteiger partial charge is 0.344 e. The SMILES string of the molecule is FC(F)(F)c1ccccc1NC(=S)N1CCc2c(sc3c2C(c2ccccc2Cl)=NCc2nnc(Cc4ccccc4)n2-3)C1. The van der Waals surface area contributed by atoms with Crippen LogP contribution in [-0.2, 0) is 32.1 Å². The molecule has 0 radical (unpaired) electrons. The molecule has 0 amide bonds. The van der Waals surface area contributed by atoms with Crippen molar-refractivity contribution in [3.8, 4) is 5.00 Å². The largest absolute Gasteiger partial charge is 0.418 e. The molecule has 3 aromatic carbocycles. The molecule has 2 aromatic heterocycles. The zero-order valence-electron chi connectivity index (χ0n) is 23.1. The summed E-state index contributed by atoms with van der Waals surface area (Å²) in [5.41, 5.74) is 4.05. The van der Waals surface area contributed by atoms with Crippen LogP contribution in [-0.4, -0.2) is 37.0 Å². The summed E-state index contributed by atoms with van der Waals surface area (Å²) in [5, 5.41) is 13.8. The number of para-hydroxylation sites is 1. The molecule has 44 heavy (non-hydrogen) atoms. The van der Waals surface area contributed by atoms with Crippen LogP contribution in [0.25, 0.3) is 5.00 Å². The summed E-state index contributed by atoms with van der Waals surface area (Å²) >= 11 is 14.0. The molecule has 0 saturated carbocycles. The highest BCUT2D eigenvalue weighted by molar-refractivity contribution is 7.80. The lowest BCUT2D eigenvalue weighted by Gasteiger charge is -2.30. The molecule has 4 heterocycles. The molecule has 0 fully saturated rings. The predicted octanol–water partition coefficient (Wildman–Crippen LogP) is 7.70. The van der Waals surface area contributed by atoms with Crippen LogP contribution in [0.2, 0.25) is 5.02 Å². The Morgan fingerprint density at radius 1 is 0.977 bits per heavy atom. The summed E-state index contributed by atoms with van der Waals surface area (Å²) < 4.78 is 43.0. The maximum absolute atomic E-state index is 13.6. The maximum Gasteiger partial charge on any atom is 0.418 e. The van der Waals surface area contributed by atoms with E-state index in [0.29, 0.717) is 37.5 Å². The number of rotatable bonds is 4. The van der Waals surface area contributed by atoms with Crippen LogP contribution in [0.4, 0.5) is 18.9 Å². The average molecular weight is 649 g/mol. The first-order valence-electron chi connectivity index (χ1n) is 13.9. The topological polar surface area (TPSA) is 58.3 Å². The van der Waals surface area contributed by atoms with Crippen molar-refractivity contribution in [2.75, 3.05) is 11.9 Å². The van der Waals surface area contributed by atoms with Gasteiger partial charge in [-0.25, -0.2) is 0 Å². The van der Waals surface area contributed by atoms with Gasteiger partial charge in [-0.15, -0.1) is 21.5 Å². The van der Waals surface area contributed by atoms with Crippen LogP contribution in [0.3, 0.4) is 0 Å². The van der Waals surface area contributed by atoms with Gasteiger partial charge in [0.25, 0.3) is 0 Å². The van der Waals surface area contributed by atoms with Gasteiger partial charge in [0.15, 0.2) is 10.9 Å². The molecule has 1 N–H and O–H groups in total. The van der Waals surface area contributed by atoms with Crippen LogP contribution in [0.15, 0.2) is 83.9 Å². The molecule has 0 saturated heterocycles. The lowest BCUT2D eigenvalue weighted by atomic mass is 9.95. The van der Waals surface area contributed by atoms with Crippen molar-refractivity contribution < 1.29 is 13.2 Å². The van der Waals surface area contributed by atoms with E-state index in [4.69, 9.17) is 28.8 Å². The Morgan fingerprint density at radius 3 is 2.52 bits per heavy atom. The quantitative estimate of drug-likeness (QED) is 0.203. The molecule has 0 aliphatic carbocycles. The van der Waals surface area contributed by atoms with Gasteiger partial charge in [-0.05, 0) is 48.0 Å². The monoisotopic (exact) mass is 648 g/mol. The molecule has 0 spiro atoms. The number of hydrogen-bond acceptors (Lipinski definition) is 5. The highest BCUT2D eigenvalue weighted by atomic mass is 35.5. The fourth-order valence-corrected chi connectivity index (χ4v) is 7.58. The van der Waals surface area contributed by atoms with E-state index < -0.39 is 11.7 Å². The molecule has 0 unspecified atom stereocenters. The zero-order chi connectivity index (χ0) is 30.4. The van der Waals surface area contributed by atoms with Gasteiger partial charge >= 0.3 is 6.18 Å². The van der Waals surface area contributed by atoms with Gasteiger partial charge in [0.05, 0.1) is 23.5 Å². The van der Waals surface area contributed by atoms with E-state index in [1.807, 2.05) is 47.4 Å². The van der Waals surface area contributed by atoms with Gasteiger partial charge in [0.2, 0.25) is 0 Å². The van der Waals surface area contributed by atoms with E-state index in [2.05, 4.69) is 32.2 Å². The van der Waals surface area contributed by atoms with Gasteiger partial charge in [-0.2, -0.15) is 13.2 Å². The Hall–Kier alpha value is -4.06. The zero-order valence-corrected chi connectivity index (χ0v) is 25.5. The van der Waals surface area contributed by atoms with Gasteiger partial charge in [-0.3, -0.25) is 9.56 Å². The second-order valence-electron chi connectivity index (χ2n) is 10.5. The van der Waals surface area contributed by atoms with Gasteiger partial charge < -0.3 is 10.2 Å². The normalized spacial score (nSPS) is 14.3. The Balaban J connectivity index is 1.28. The highest BCUT2D eigenvalue weighted by Crippen LogP contribution is 2.41. The van der Waals surface area contributed by atoms with E-state index in [-0.39, 0.29) is 10.8 Å². The number of benzene rings is 3. The number of hydrogen-bond donors (Lipinski definition) is 1. The predicted molar refractivity (Wildman–Crippen MR) is 171 cm³/mol. The highest BCUT2D eigenvalue weighted by Gasteiger charge is 2.35. The number of thiocarbonyl (C=S) groups is 1. The number of thiophene rings is 1. The van der Waals surface area contributed by atoms with Crippen molar-refractivity contribution in [3.63, 3.8) is 0 Å². The molecule has 0 bridgehead atoms. The number of alkyl halides is 3. The standard InChI is InChI=1S/C32H24ClF3N6S2/c33-23-12-6-4-10-20(23)29-28-21-14-15-41(31(43)38-24-13-7-5-11-22(24)32(34,35)36)18-25(21)44-30(28)42-26(39-40-27(42)17-37-29)16-19-8-2-1-3-9-19/h1-13H,14-18H2,(H,38,43). The first kappa shape index (κ1) is 28.7. The van der Waals surface area contributed by atoms with Crippen LogP contribution in [0, 0.1) is 0 Å². The molecular weight excluding hydrogens is 625 g/mol. The minimum atomic E-state index is -4.50. The number of aliphatic imine (C=N–C) groups is 1. The summed E-state index contributed by atoms with van der Waals surface area (Å²) in [5.74, 6) is 1.54. The van der Waals surface area contributed by atoms with Crippen LogP contribution >= 0.6 is 35.2 Å². The van der Waals surface area contributed by atoms with Crippen molar-refractivity contribution in [3.05, 3.63) is 128 Å². The van der Waals surface area contributed by atoms with Crippen molar-refractivity contribution >= 4 is 51.7 Å². The molecule has 6 nitrogen and oxygen atoms in total. The molecule has 2 aliphatic rings. The average Bonchev–Trinajstić information content (AvgIpc) is 3.54. The lowest BCUT2D eigenvalue weighted by molar-refractivity contribution is -0.136. The van der Waals surface area contributed by atoms with Crippen LogP contribution in [0.5, 0.6) is 0 Å². The van der Waals surface area contributed by atoms with E-state index in [1.54, 1.807) is 17.4 Å². The van der Waals surface area contributed by atoms with E-state index in [9.17, 15) is 13.2 Å². The number of fused-ring (bicyclic) bond motifs is 5. The Kier molecular flexibility index (Phi) is 7.47. The maximum atomic E-state index is 13.6. The number of anilines is 1. The Bertz CT molecular complexity index is 1910. The summed E-state index contributed by atoms with van der Waals surface area (Å²) in [6, 6.07) is 23.1. The van der Waals surface area contributed by atoms with E-state index in [1.165, 1.54) is 12.1 Å². The van der Waals surface area contributed by atoms with Crippen molar-refractivity contribution in [2.45, 2.75) is 32.1 Å². The number of nitrogens with one attached hydrogen (secondary N) is 1. The second kappa shape index (κ2) is 11.5. The number of aromatic nitrogens is 3. The molecular formula is C32H24ClF3N6S2. The molecule has 222 valence electrons. The molecule has 2 aliphatic heterocycles. The lowest BCUT2D eigenvalue weighted by Crippen LogP contribution is -2.38. The first-order chi connectivity index (χ1) is 21.3. The van der Waals surface area contributed by atoms with E-state index >= 15 is 0 Å². The minimum absolute atomic E-state index is 0.0643. The third kappa shape index (κ3) is 5.29. The van der Waals surface area contributed by atoms with Crippen molar-refractivity contribution in [1.82, 2.24) is 19.7 Å². The minimum Gasteiger partial charge on any atom is -0.344 e. The van der Waals surface area contributed by atoms with Crippen LogP contribution in [0.1, 0.15) is 44.3 Å². The van der Waals surface area contributed by atoms with Crippen molar-refractivity contribution in [1.29, 1.82) is 0 Å². The summed E-state index contributed by atoms with van der Waals surface area (Å²) in [7, 11) is 0. The first-order valence-corrected chi connectivity index (χ1v) is 15.5. The molecule has 5 aromatic rings. The molecule has 7 rings (SSSR count). The number of halogens is 4. The second-order valence-corrected chi connectivity index (χ2v) is 12.4. The Morgan fingerprint density at radius 2 is 1.73 bits per heavy atom. The van der Waals surface area contributed by atoms with Gasteiger partial charge in [0.1, 0.15) is 17.4 Å². The van der Waals surface area contributed by atoms with Gasteiger partial charge in [-0.1, -0.05) is 72.3 Å². The summed E-state index contributed by atoms with van der Waals surface area (Å²) in [6.45, 7) is 1.31. The van der Waals surface area contributed by atoms with Crippen molar-refractivity contribution in [2.24, 2.45) is 4.99 Å². The van der Waals surface area contributed by atoms with Crippen LogP contribution < -0.4 is 5.32 Å². The number of nitrogens with zero attached hydrogens (tertiary/aromatic N) is 5. The Labute approximate surface area is 265 Å². The fraction of sp³-hybridized carbons (Fsp3) is 0.188. The van der Waals surface area contributed by atoms with E-state index in [0.717, 1.165) is 55.6 Å². The summed E-state index contributed by atoms with van der Waals surface area (Å²) in [6.07, 6.45) is -3.28. The molecule has 0 atom stereocenters. The molecule has 12 heteroatoms. The summed E-state index contributed by atoms with van der Waals surface area (Å²) in [4.78, 5) is 8.00.